The lowest BCUT2D eigenvalue weighted by molar-refractivity contribution is -0.168. The molecule has 30 heavy (non-hydrogen) atoms. The number of ether oxygens (including phenoxy) is 4. The number of esters is 2. The lowest BCUT2D eigenvalue weighted by Gasteiger charge is -2.44. The molecule has 3 rings (SSSR count). The van der Waals surface area contributed by atoms with Gasteiger partial charge in [-0.05, 0) is 42.4 Å². The minimum Gasteiger partial charge on any atom is -0.493 e. The Bertz CT molecular complexity index is 910. The van der Waals surface area contributed by atoms with Gasteiger partial charge >= 0.3 is 11.9 Å². The van der Waals surface area contributed by atoms with E-state index in [9.17, 15) is 9.59 Å². The van der Waals surface area contributed by atoms with Crippen molar-refractivity contribution in [2.75, 3.05) is 28.4 Å². The van der Waals surface area contributed by atoms with Crippen molar-refractivity contribution in [3.8, 4) is 11.5 Å². The van der Waals surface area contributed by atoms with E-state index in [0.717, 1.165) is 34.2 Å². The molecule has 1 saturated carbocycles. The Morgan fingerprint density at radius 3 is 2.00 bits per heavy atom. The molecule has 2 aliphatic carbocycles. The van der Waals surface area contributed by atoms with Gasteiger partial charge in [-0.1, -0.05) is 33.3 Å². The third-order valence-electron chi connectivity index (χ3n) is 6.93. The highest BCUT2D eigenvalue weighted by molar-refractivity contribution is 6.06. The van der Waals surface area contributed by atoms with Crippen molar-refractivity contribution in [3.05, 3.63) is 27.8 Å². The molecule has 164 valence electrons. The fraction of sp³-hybridized carbons (Fsp3) is 0.583. The number of hydrogen-bond acceptors (Lipinski definition) is 6. The molecule has 1 atom stereocenters. The summed E-state index contributed by atoms with van der Waals surface area (Å²) in [6, 6.07) is 0. The zero-order chi connectivity index (χ0) is 22.4. The lowest BCUT2D eigenvalue weighted by atomic mass is 9.58. The van der Waals surface area contributed by atoms with Gasteiger partial charge in [0.05, 0.1) is 28.4 Å². The highest BCUT2D eigenvalue weighted by Gasteiger charge is 2.61. The number of fused-ring (bicyclic) bond motifs is 3. The molecule has 1 aromatic carbocycles. The molecular weight excluding hydrogens is 384 g/mol. The second-order valence-electron chi connectivity index (χ2n) is 8.68. The topological polar surface area (TPSA) is 71.1 Å². The van der Waals surface area contributed by atoms with Crippen LogP contribution in [-0.2, 0) is 24.5 Å². The van der Waals surface area contributed by atoms with E-state index in [2.05, 4.69) is 27.7 Å². The van der Waals surface area contributed by atoms with Crippen molar-refractivity contribution in [2.24, 2.45) is 5.41 Å². The quantitative estimate of drug-likeness (QED) is 0.526. The maximum Gasteiger partial charge on any atom is 0.327 e. The van der Waals surface area contributed by atoms with Gasteiger partial charge in [0.1, 0.15) is 0 Å². The largest absolute Gasteiger partial charge is 0.493 e. The van der Waals surface area contributed by atoms with Crippen LogP contribution in [-0.4, -0.2) is 40.4 Å². The van der Waals surface area contributed by atoms with Crippen LogP contribution >= 0.6 is 0 Å². The van der Waals surface area contributed by atoms with Gasteiger partial charge in [-0.25, -0.2) is 0 Å². The van der Waals surface area contributed by atoms with Crippen molar-refractivity contribution in [2.45, 2.75) is 58.3 Å². The van der Waals surface area contributed by atoms with E-state index in [1.807, 2.05) is 6.08 Å². The van der Waals surface area contributed by atoms with E-state index >= 15 is 0 Å². The molecule has 6 heteroatoms. The van der Waals surface area contributed by atoms with Crippen LogP contribution in [0, 0.1) is 12.3 Å². The fourth-order valence-corrected chi connectivity index (χ4v) is 5.67. The first-order valence-corrected chi connectivity index (χ1v) is 10.3. The zero-order valence-corrected chi connectivity index (χ0v) is 19.2. The summed E-state index contributed by atoms with van der Waals surface area (Å²) in [5.74, 6) is 0.436. The van der Waals surface area contributed by atoms with E-state index in [-0.39, 0.29) is 5.92 Å². The first-order chi connectivity index (χ1) is 14.1. The Balaban J connectivity index is 2.42. The molecule has 2 aliphatic rings. The number of benzene rings is 1. The summed E-state index contributed by atoms with van der Waals surface area (Å²) in [7, 11) is 5.91. The Labute approximate surface area is 178 Å². The first-order valence-electron chi connectivity index (χ1n) is 10.3. The Morgan fingerprint density at radius 2 is 1.53 bits per heavy atom. The number of hydrogen-bond donors (Lipinski definition) is 0. The SMILES string of the molecule is COC(=O)C1(C(=O)OC)CCCC2(C)C1=Cc1c(C)c(C(C)C)c(OC)c(OC)c12. The monoisotopic (exact) mass is 416 g/mol. The molecule has 1 unspecified atom stereocenters. The predicted molar refractivity (Wildman–Crippen MR) is 114 cm³/mol. The van der Waals surface area contributed by atoms with Crippen LogP contribution in [0.25, 0.3) is 6.08 Å². The smallest absolute Gasteiger partial charge is 0.327 e. The fourth-order valence-electron chi connectivity index (χ4n) is 5.67. The molecule has 0 saturated heterocycles. The van der Waals surface area contributed by atoms with E-state index in [4.69, 9.17) is 18.9 Å². The van der Waals surface area contributed by atoms with Crippen molar-refractivity contribution in [3.63, 3.8) is 0 Å². The van der Waals surface area contributed by atoms with Crippen LogP contribution in [0.3, 0.4) is 0 Å². The summed E-state index contributed by atoms with van der Waals surface area (Å²) < 4.78 is 22.0. The van der Waals surface area contributed by atoms with E-state index < -0.39 is 22.8 Å². The van der Waals surface area contributed by atoms with Gasteiger partial charge in [-0.15, -0.1) is 0 Å². The van der Waals surface area contributed by atoms with Gasteiger partial charge < -0.3 is 18.9 Å². The normalized spacial score (nSPS) is 21.4. The summed E-state index contributed by atoms with van der Waals surface area (Å²) in [6.07, 6.45) is 3.80. The van der Waals surface area contributed by atoms with Crippen molar-refractivity contribution in [1.82, 2.24) is 0 Å². The van der Waals surface area contributed by atoms with Gasteiger partial charge in [0, 0.05) is 16.5 Å². The van der Waals surface area contributed by atoms with Crippen LogP contribution in [0.15, 0.2) is 5.57 Å². The Kier molecular flexibility index (Phi) is 5.65. The molecule has 0 spiro atoms. The van der Waals surface area contributed by atoms with Crippen molar-refractivity contribution < 1.29 is 28.5 Å². The molecular formula is C24H32O6. The van der Waals surface area contributed by atoms with Crippen LogP contribution in [0.2, 0.25) is 0 Å². The van der Waals surface area contributed by atoms with Crippen LogP contribution < -0.4 is 9.47 Å². The second-order valence-corrected chi connectivity index (χ2v) is 8.68. The van der Waals surface area contributed by atoms with Gasteiger partial charge in [0.25, 0.3) is 0 Å². The van der Waals surface area contributed by atoms with E-state index in [1.165, 1.54) is 14.2 Å². The summed E-state index contributed by atoms with van der Waals surface area (Å²) in [6.45, 7) is 8.36. The standard InChI is InChI=1S/C24H32O6/c1-13(2)17-14(3)15-12-16-23(4,18(15)20(28-6)19(17)27-5)10-9-11-24(16,21(25)29-7)22(26)30-8/h12-13H,9-11H2,1-8H3. The average Bonchev–Trinajstić information content (AvgIpc) is 3.05. The zero-order valence-electron chi connectivity index (χ0n) is 19.2. The van der Waals surface area contributed by atoms with Crippen LogP contribution in [0.4, 0.5) is 0 Å². The first kappa shape index (κ1) is 22.2. The molecule has 0 heterocycles. The Hall–Kier alpha value is -2.50. The number of methoxy groups -OCH3 is 4. The molecule has 0 aliphatic heterocycles. The summed E-state index contributed by atoms with van der Waals surface area (Å²) in [5.41, 5.74) is 2.79. The third kappa shape index (κ3) is 2.69. The average molecular weight is 417 g/mol. The predicted octanol–water partition coefficient (Wildman–Crippen LogP) is 4.31. The second kappa shape index (κ2) is 7.64. The molecule has 0 bridgehead atoms. The Morgan fingerprint density at radius 1 is 0.967 bits per heavy atom. The molecule has 0 N–H and O–H groups in total. The van der Waals surface area contributed by atoms with Crippen LogP contribution in [0.5, 0.6) is 11.5 Å². The summed E-state index contributed by atoms with van der Waals surface area (Å²) in [4.78, 5) is 26.1. The van der Waals surface area contributed by atoms with Crippen LogP contribution in [0.1, 0.15) is 68.2 Å². The molecule has 6 nitrogen and oxygen atoms in total. The minimum absolute atomic E-state index is 0.207. The summed E-state index contributed by atoms with van der Waals surface area (Å²) >= 11 is 0. The maximum atomic E-state index is 13.0. The maximum absolute atomic E-state index is 13.0. The molecule has 0 radical (unpaired) electrons. The van der Waals surface area contributed by atoms with Gasteiger partial charge in [-0.3, -0.25) is 9.59 Å². The molecule has 1 fully saturated rings. The number of carbonyl (C=O) groups is 2. The molecule has 0 aromatic heterocycles. The number of carbonyl (C=O) groups excluding carboxylic acids is 2. The van der Waals surface area contributed by atoms with Crippen molar-refractivity contribution >= 4 is 18.0 Å². The summed E-state index contributed by atoms with van der Waals surface area (Å²) in [5, 5.41) is 0. The highest BCUT2D eigenvalue weighted by Crippen LogP contribution is 2.62. The molecule has 0 amide bonds. The van der Waals surface area contributed by atoms with Gasteiger partial charge in [0.15, 0.2) is 16.9 Å². The third-order valence-corrected chi connectivity index (χ3v) is 6.93. The highest BCUT2D eigenvalue weighted by atomic mass is 16.5. The lowest BCUT2D eigenvalue weighted by Crippen LogP contribution is -2.50. The van der Waals surface area contributed by atoms with Gasteiger partial charge in [-0.2, -0.15) is 0 Å². The van der Waals surface area contributed by atoms with Gasteiger partial charge in [0.2, 0.25) is 0 Å². The van der Waals surface area contributed by atoms with E-state index in [0.29, 0.717) is 24.3 Å². The van der Waals surface area contributed by atoms with E-state index in [1.54, 1.807) is 14.2 Å². The molecule has 1 aromatic rings. The van der Waals surface area contributed by atoms with Crippen molar-refractivity contribution in [1.29, 1.82) is 0 Å². The minimum atomic E-state index is -1.46. The number of rotatable bonds is 5.